The van der Waals surface area contributed by atoms with Crippen LogP contribution in [0.4, 0.5) is 18.9 Å². The highest BCUT2D eigenvalue weighted by atomic mass is 32.2. The molecular weight excluding hydrogens is 487 g/mol. The molecule has 0 saturated heterocycles. The molecule has 1 unspecified atom stereocenters. The van der Waals surface area contributed by atoms with E-state index in [-0.39, 0.29) is 5.75 Å². The van der Waals surface area contributed by atoms with Crippen LogP contribution >= 0.6 is 11.9 Å². The Kier molecular flexibility index (Phi) is 10.7. The summed E-state index contributed by atoms with van der Waals surface area (Å²) in [5, 5.41) is 17.3. The predicted molar refractivity (Wildman–Crippen MR) is 140 cm³/mol. The van der Waals surface area contributed by atoms with Crippen LogP contribution in [0.25, 0.3) is 11.1 Å². The van der Waals surface area contributed by atoms with E-state index in [9.17, 15) is 18.3 Å². The number of nitrogens with zero attached hydrogens (tertiary/aromatic N) is 1. The van der Waals surface area contributed by atoms with Crippen molar-refractivity contribution in [3.63, 3.8) is 0 Å². The fourth-order valence-corrected chi connectivity index (χ4v) is 4.30. The van der Waals surface area contributed by atoms with E-state index in [0.717, 1.165) is 65.7 Å². The third-order valence-electron chi connectivity index (χ3n) is 5.59. The Morgan fingerprint density at radius 3 is 2.22 bits per heavy atom. The smallest absolute Gasteiger partial charge is 0.416 e. The van der Waals surface area contributed by atoms with Crippen LogP contribution in [0, 0.1) is 12.8 Å². The first kappa shape index (κ1) is 29.1. The van der Waals surface area contributed by atoms with Gasteiger partial charge < -0.3 is 14.5 Å². The van der Waals surface area contributed by atoms with E-state index in [4.69, 9.17) is 9.90 Å². The van der Waals surface area contributed by atoms with Crippen molar-refractivity contribution in [3.05, 3.63) is 77.9 Å². The van der Waals surface area contributed by atoms with Crippen molar-refractivity contribution in [1.29, 1.82) is 0 Å². The van der Waals surface area contributed by atoms with Crippen LogP contribution in [0.5, 0.6) is 5.75 Å². The van der Waals surface area contributed by atoms with Gasteiger partial charge >= 0.3 is 6.18 Å². The number of phenolic OH excluding ortho intramolecular Hbond substituents is 1. The number of hydrogen-bond acceptors (Lipinski definition) is 4. The first-order chi connectivity index (χ1) is 16.9. The predicted octanol–water partition coefficient (Wildman–Crippen LogP) is 8.43. The van der Waals surface area contributed by atoms with Crippen LogP contribution in [0.1, 0.15) is 44.7 Å². The van der Waals surface area contributed by atoms with Gasteiger partial charge in [0.05, 0.1) is 5.56 Å². The monoisotopic (exact) mass is 519 g/mol. The maximum Gasteiger partial charge on any atom is 0.416 e. The van der Waals surface area contributed by atoms with Crippen molar-refractivity contribution < 1.29 is 28.2 Å². The SMILES string of the molecule is CC(=O)O.CCC(C)CCN(Sc1ccc(O)c(C)c1)c1cccc(-c2ccc(C(F)(F)F)cc2)c1. The number of carboxylic acids is 1. The molecule has 194 valence electrons. The van der Waals surface area contributed by atoms with E-state index >= 15 is 0 Å². The van der Waals surface area contributed by atoms with E-state index in [0.29, 0.717) is 5.92 Å². The number of rotatable bonds is 8. The first-order valence-corrected chi connectivity index (χ1v) is 12.4. The normalized spacial score (nSPS) is 11.9. The summed E-state index contributed by atoms with van der Waals surface area (Å²) in [6, 6.07) is 18.7. The van der Waals surface area contributed by atoms with Crippen LogP contribution in [0.3, 0.4) is 0 Å². The van der Waals surface area contributed by atoms with Crippen molar-refractivity contribution in [2.75, 3.05) is 10.8 Å². The highest BCUT2D eigenvalue weighted by Gasteiger charge is 2.30. The third-order valence-corrected chi connectivity index (χ3v) is 6.66. The largest absolute Gasteiger partial charge is 0.508 e. The molecule has 4 nitrogen and oxygen atoms in total. The molecule has 0 saturated carbocycles. The first-order valence-electron chi connectivity index (χ1n) is 11.6. The van der Waals surface area contributed by atoms with Crippen LogP contribution in [-0.2, 0) is 11.0 Å². The molecule has 0 fully saturated rings. The van der Waals surface area contributed by atoms with Gasteiger partial charge in [0.25, 0.3) is 5.97 Å². The summed E-state index contributed by atoms with van der Waals surface area (Å²) in [6.07, 6.45) is -2.22. The molecule has 0 aromatic heterocycles. The molecular formula is C28H32F3NO3S. The molecule has 1 atom stereocenters. The molecule has 8 heteroatoms. The Morgan fingerprint density at radius 2 is 1.67 bits per heavy atom. The molecule has 0 bridgehead atoms. The third kappa shape index (κ3) is 9.15. The van der Waals surface area contributed by atoms with Gasteiger partial charge in [-0.05, 0) is 90.4 Å². The van der Waals surface area contributed by atoms with E-state index in [1.54, 1.807) is 18.0 Å². The van der Waals surface area contributed by atoms with E-state index in [1.807, 2.05) is 43.3 Å². The molecule has 0 amide bonds. The molecule has 3 rings (SSSR count). The van der Waals surface area contributed by atoms with Crippen LogP contribution in [0.15, 0.2) is 71.6 Å². The molecule has 0 aliphatic heterocycles. The Morgan fingerprint density at radius 1 is 1.03 bits per heavy atom. The highest BCUT2D eigenvalue weighted by Crippen LogP contribution is 2.35. The van der Waals surface area contributed by atoms with Gasteiger partial charge in [0.2, 0.25) is 0 Å². The second kappa shape index (κ2) is 13.3. The summed E-state index contributed by atoms with van der Waals surface area (Å²) in [7, 11) is 0. The summed E-state index contributed by atoms with van der Waals surface area (Å²) in [5.74, 6) is 0.0163. The Balaban J connectivity index is 0.00000106. The minimum Gasteiger partial charge on any atom is -0.508 e. The lowest BCUT2D eigenvalue weighted by Crippen LogP contribution is -2.18. The fourth-order valence-electron chi connectivity index (χ4n) is 3.27. The average Bonchev–Trinajstić information content (AvgIpc) is 2.83. The summed E-state index contributed by atoms with van der Waals surface area (Å²) in [4.78, 5) is 10.0. The van der Waals surface area contributed by atoms with E-state index < -0.39 is 17.7 Å². The summed E-state index contributed by atoms with van der Waals surface area (Å²) < 4.78 is 40.9. The molecule has 0 heterocycles. The maximum absolute atomic E-state index is 12.9. The molecule has 3 aromatic carbocycles. The van der Waals surface area contributed by atoms with Gasteiger partial charge in [-0.2, -0.15) is 13.2 Å². The van der Waals surface area contributed by atoms with Crippen LogP contribution < -0.4 is 4.31 Å². The Bertz CT molecular complexity index is 1130. The molecule has 0 aliphatic rings. The van der Waals surface area contributed by atoms with Crippen molar-refractivity contribution in [1.82, 2.24) is 0 Å². The topological polar surface area (TPSA) is 60.8 Å². The summed E-state index contributed by atoms with van der Waals surface area (Å²) in [5.41, 5.74) is 2.77. The number of halogens is 3. The number of alkyl halides is 3. The Labute approximate surface area is 214 Å². The number of anilines is 1. The lowest BCUT2D eigenvalue weighted by atomic mass is 10.0. The maximum atomic E-state index is 12.9. The Hall–Kier alpha value is -3.13. The number of carboxylic acid groups (broad SMARTS) is 1. The number of carbonyl (C=O) groups is 1. The van der Waals surface area contributed by atoms with Crippen molar-refractivity contribution in [2.24, 2.45) is 5.92 Å². The number of aromatic hydroxyl groups is 1. The minimum atomic E-state index is -4.34. The van der Waals surface area contributed by atoms with Gasteiger partial charge in [0.15, 0.2) is 0 Å². The standard InChI is InChI=1S/C26H28F3NOS.C2H4O2/c1-4-18(2)14-15-30(32-24-12-13-25(31)19(3)16-24)23-7-5-6-21(17-23)20-8-10-22(11-9-20)26(27,28)29;1-2(3)4/h5-13,16-18,31H,4,14-15H2,1-3H3;1H3,(H,3,4). The zero-order valence-electron chi connectivity index (χ0n) is 20.8. The fraction of sp³-hybridized carbons (Fsp3) is 0.321. The van der Waals surface area contributed by atoms with Crippen LogP contribution in [0.2, 0.25) is 0 Å². The van der Waals surface area contributed by atoms with E-state index in [2.05, 4.69) is 18.2 Å². The quantitative estimate of drug-likeness (QED) is 0.293. The van der Waals surface area contributed by atoms with Gasteiger partial charge in [-0.15, -0.1) is 0 Å². The molecule has 3 aromatic rings. The van der Waals surface area contributed by atoms with Crippen molar-refractivity contribution in [2.45, 2.75) is 51.6 Å². The van der Waals surface area contributed by atoms with Gasteiger partial charge in [0, 0.05) is 24.1 Å². The highest BCUT2D eigenvalue weighted by molar-refractivity contribution is 8.00. The molecule has 0 radical (unpaired) electrons. The lowest BCUT2D eigenvalue weighted by Gasteiger charge is -2.25. The summed E-state index contributed by atoms with van der Waals surface area (Å²) in [6.45, 7) is 8.19. The number of benzene rings is 3. The second-order valence-corrected chi connectivity index (χ2v) is 9.68. The van der Waals surface area contributed by atoms with Crippen molar-refractivity contribution in [3.8, 4) is 16.9 Å². The number of aryl methyl sites for hydroxylation is 1. The lowest BCUT2D eigenvalue weighted by molar-refractivity contribution is -0.137. The van der Waals surface area contributed by atoms with Gasteiger partial charge in [0.1, 0.15) is 5.75 Å². The second-order valence-electron chi connectivity index (χ2n) is 8.59. The zero-order valence-corrected chi connectivity index (χ0v) is 21.7. The summed E-state index contributed by atoms with van der Waals surface area (Å²) >= 11 is 1.60. The molecule has 0 aliphatic carbocycles. The minimum absolute atomic E-state index is 0.268. The van der Waals surface area contributed by atoms with Crippen LogP contribution in [-0.4, -0.2) is 22.7 Å². The molecule has 0 spiro atoms. The zero-order chi connectivity index (χ0) is 26.9. The molecule has 2 N–H and O–H groups in total. The van der Waals surface area contributed by atoms with Gasteiger partial charge in [-0.3, -0.25) is 4.79 Å². The number of aliphatic carboxylic acids is 1. The molecule has 36 heavy (non-hydrogen) atoms. The average molecular weight is 520 g/mol. The number of phenols is 1. The van der Waals surface area contributed by atoms with Gasteiger partial charge in [-0.25, -0.2) is 0 Å². The van der Waals surface area contributed by atoms with E-state index in [1.165, 1.54) is 12.1 Å². The number of hydrogen-bond donors (Lipinski definition) is 2. The van der Waals surface area contributed by atoms with Gasteiger partial charge in [-0.1, -0.05) is 44.5 Å². The van der Waals surface area contributed by atoms with Crippen molar-refractivity contribution >= 4 is 23.6 Å².